The van der Waals surface area contributed by atoms with E-state index in [2.05, 4.69) is 16.0 Å². The molecule has 0 aliphatic heterocycles. The largest absolute Gasteiger partial charge is 0.298 e. The fraction of sp³-hybridized carbons (Fsp3) is 0.227. The lowest BCUT2D eigenvalue weighted by Gasteiger charge is -2.17. The third-order valence-electron chi connectivity index (χ3n) is 4.27. The van der Waals surface area contributed by atoms with Gasteiger partial charge in [-0.2, -0.15) is 0 Å². The summed E-state index contributed by atoms with van der Waals surface area (Å²) in [5, 5.41) is 0. The van der Waals surface area contributed by atoms with Crippen molar-refractivity contribution in [3.05, 3.63) is 89.4 Å². The molecule has 4 nitrogen and oxygen atoms in total. The van der Waals surface area contributed by atoms with E-state index in [0.717, 1.165) is 28.9 Å². The van der Waals surface area contributed by atoms with Gasteiger partial charge in [-0.05, 0) is 48.0 Å². The van der Waals surface area contributed by atoms with Crippen LogP contribution in [-0.2, 0) is 28.7 Å². The summed E-state index contributed by atoms with van der Waals surface area (Å²) in [6.45, 7) is 1.37. The highest BCUT2D eigenvalue weighted by Crippen LogP contribution is 2.20. The first-order valence-electron chi connectivity index (χ1n) is 8.93. The maximum absolute atomic E-state index is 13.3. The summed E-state index contributed by atoms with van der Waals surface area (Å²) in [6, 6.07) is 18.3. The van der Waals surface area contributed by atoms with Gasteiger partial charge in [0.25, 0.3) is 0 Å². The molecular weight excluding hydrogens is 375 g/mol. The summed E-state index contributed by atoms with van der Waals surface area (Å²) in [7, 11) is -1.08. The molecule has 2 aromatic carbocycles. The Labute approximate surface area is 165 Å². The highest BCUT2D eigenvalue weighted by molar-refractivity contribution is 7.89. The molecule has 0 unspecified atom stereocenters. The Balaban J connectivity index is 1.69. The van der Waals surface area contributed by atoms with Gasteiger partial charge in [0, 0.05) is 31.1 Å². The molecule has 6 heteroatoms. The highest BCUT2D eigenvalue weighted by Gasteiger charge is 2.08. The highest BCUT2D eigenvalue weighted by atomic mass is 32.2. The maximum atomic E-state index is 13.3. The van der Waals surface area contributed by atoms with Crippen molar-refractivity contribution in [3.63, 3.8) is 0 Å². The molecule has 28 heavy (non-hydrogen) atoms. The second kappa shape index (κ2) is 8.63. The van der Waals surface area contributed by atoms with Crippen LogP contribution in [-0.4, -0.2) is 31.6 Å². The molecule has 0 spiro atoms. The number of hydrogen-bond acceptors (Lipinski definition) is 4. The summed E-state index contributed by atoms with van der Waals surface area (Å²) in [5.74, 6) is -0.233. The van der Waals surface area contributed by atoms with Gasteiger partial charge in [0.05, 0.1) is 11.4 Å². The Morgan fingerprint density at radius 2 is 1.61 bits per heavy atom. The Hall–Kier alpha value is -2.57. The minimum Gasteiger partial charge on any atom is -0.298 e. The Morgan fingerprint density at radius 1 is 0.929 bits per heavy atom. The van der Waals surface area contributed by atoms with Gasteiger partial charge < -0.3 is 0 Å². The van der Waals surface area contributed by atoms with Crippen molar-refractivity contribution in [3.8, 4) is 11.3 Å². The summed E-state index contributed by atoms with van der Waals surface area (Å²) in [4.78, 5) is 6.53. The van der Waals surface area contributed by atoms with E-state index in [0.29, 0.717) is 12.1 Å². The fourth-order valence-electron chi connectivity index (χ4n) is 3.13. The van der Waals surface area contributed by atoms with Crippen molar-refractivity contribution in [2.75, 3.05) is 13.3 Å². The zero-order valence-electron chi connectivity index (χ0n) is 16.0. The van der Waals surface area contributed by atoms with Gasteiger partial charge in [0.2, 0.25) is 0 Å². The molecule has 0 atom stereocenters. The first kappa shape index (κ1) is 20.2. The number of pyridine rings is 1. The predicted octanol–water partition coefficient (Wildman–Crippen LogP) is 4.06. The summed E-state index contributed by atoms with van der Waals surface area (Å²) in [6.07, 6.45) is 2.82. The minimum absolute atomic E-state index is 0.00874. The zero-order chi connectivity index (χ0) is 20.1. The van der Waals surface area contributed by atoms with Gasteiger partial charge in [0.1, 0.15) is 5.82 Å². The van der Waals surface area contributed by atoms with E-state index < -0.39 is 9.84 Å². The number of hydrogen-bond donors (Lipinski definition) is 0. The monoisotopic (exact) mass is 398 g/mol. The average Bonchev–Trinajstić information content (AvgIpc) is 2.61. The van der Waals surface area contributed by atoms with Gasteiger partial charge >= 0.3 is 0 Å². The lowest BCUT2D eigenvalue weighted by Crippen LogP contribution is -2.17. The van der Waals surface area contributed by atoms with E-state index in [1.54, 1.807) is 24.4 Å². The molecule has 0 amide bonds. The smallest absolute Gasteiger partial charge is 0.151 e. The van der Waals surface area contributed by atoms with Crippen LogP contribution >= 0.6 is 0 Å². The van der Waals surface area contributed by atoms with E-state index in [4.69, 9.17) is 0 Å². The number of halogens is 1. The molecule has 146 valence electrons. The molecule has 0 aliphatic carbocycles. The van der Waals surface area contributed by atoms with Crippen LogP contribution < -0.4 is 0 Å². The summed E-state index contributed by atoms with van der Waals surface area (Å²) >= 11 is 0. The van der Waals surface area contributed by atoms with Crippen molar-refractivity contribution in [2.45, 2.75) is 18.8 Å². The third-order valence-corrected chi connectivity index (χ3v) is 5.13. The van der Waals surface area contributed by atoms with Crippen LogP contribution in [0.4, 0.5) is 4.39 Å². The topological polar surface area (TPSA) is 50.3 Å². The normalized spacial score (nSPS) is 11.7. The number of sulfone groups is 1. The summed E-state index contributed by atoms with van der Waals surface area (Å²) < 4.78 is 36.1. The van der Waals surface area contributed by atoms with E-state index in [-0.39, 0.29) is 11.6 Å². The van der Waals surface area contributed by atoms with Gasteiger partial charge in [0.15, 0.2) is 9.84 Å². The van der Waals surface area contributed by atoms with Crippen LogP contribution in [0.5, 0.6) is 0 Å². The number of nitrogens with zero attached hydrogens (tertiary/aromatic N) is 2. The first-order chi connectivity index (χ1) is 13.3. The van der Waals surface area contributed by atoms with Crippen molar-refractivity contribution in [2.24, 2.45) is 0 Å². The third kappa shape index (κ3) is 5.97. The molecule has 0 radical (unpaired) electrons. The van der Waals surface area contributed by atoms with Crippen molar-refractivity contribution < 1.29 is 12.8 Å². The Kier molecular flexibility index (Phi) is 6.21. The van der Waals surface area contributed by atoms with Crippen molar-refractivity contribution in [1.29, 1.82) is 0 Å². The van der Waals surface area contributed by atoms with Crippen LogP contribution in [0.15, 0.2) is 66.9 Å². The molecule has 0 saturated carbocycles. The zero-order valence-corrected chi connectivity index (χ0v) is 16.8. The molecule has 0 saturated heterocycles. The first-order valence-corrected chi connectivity index (χ1v) is 11.0. The number of benzene rings is 2. The molecule has 1 aromatic heterocycles. The lowest BCUT2D eigenvalue weighted by atomic mass is 10.1. The molecule has 3 rings (SSSR count). The minimum atomic E-state index is -3.07. The molecular formula is C22H23FN2O2S. The molecule has 1 heterocycles. The standard InChI is InChI=1S/C22H23FN2O2S/c1-25(15-18-6-4-8-21(23)12-18)14-17-5-3-7-20(11-17)22-10-9-19(13-24-22)16-28(2,26)27/h3-13H,14-16H2,1-2H3. The van der Waals surface area contributed by atoms with E-state index >= 15 is 0 Å². The predicted molar refractivity (Wildman–Crippen MR) is 110 cm³/mol. The Bertz CT molecular complexity index is 1050. The SMILES string of the molecule is CN(Cc1cccc(F)c1)Cc1cccc(-c2ccc(CS(C)(=O)=O)cn2)c1. The second-order valence-electron chi connectivity index (χ2n) is 7.12. The molecule has 0 bridgehead atoms. The molecule has 3 aromatic rings. The van der Waals surface area contributed by atoms with E-state index in [9.17, 15) is 12.8 Å². The quantitative estimate of drug-likeness (QED) is 0.602. The number of aromatic nitrogens is 1. The van der Waals surface area contributed by atoms with Gasteiger partial charge in [-0.1, -0.05) is 36.4 Å². The van der Waals surface area contributed by atoms with Crippen LogP contribution in [0.25, 0.3) is 11.3 Å². The van der Waals surface area contributed by atoms with Crippen molar-refractivity contribution >= 4 is 9.84 Å². The van der Waals surface area contributed by atoms with Crippen LogP contribution in [0.3, 0.4) is 0 Å². The van der Waals surface area contributed by atoms with Gasteiger partial charge in [-0.3, -0.25) is 9.88 Å². The van der Waals surface area contributed by atoms with E-state index in [1.807, 2.05) is 37.4 Å². The fourth-order valence-corrected chi connectivity index (χ4v) is 3.90. The van der Waals surface area contributed by atoms with Gasteiger partial charge in [-0.25, -0.2) is 12.8 Å². The summed E-state index contributed by atoms with van der Waals surface area (Å²) in [5.41, 5.74) is 4.51. The van der Waals surface area contributed by atoms with Crippen LogP contribution in [0, 0.1) is 5.82 Å². The lowest BCUT2D eigenvalue weighted by molar-refractivity contribution is 0.318. The maximum Gasteiger partial charge on any atom is 0.151 e. The average molecular weight is 399 g/mol. The Morgan fingerprint density at radius 3 is 2.21 bits per heavy atom. The molecule has 0 aliphatic rings. The van der Waals surface area contributed by atoms with Gasteiger partial charge in [-0.15, -0.1) is 0 Å². The van der Waals surface area contributed by atoms with Crippen LogP contribution in [0.2, 0.25) is 0 Å². The van der Waals surface area contributed by atoms with Crippen molar-refractivity contribution in [1.82, 2.24) is 9.88 Å². The number of rotatable bonds is 7. The van der Waals surface area contributed by atoms with Crippen LogP contribution in [0.1, 0.15) is 16.7 Å². The van der Waals surface area contributed by atoms with E-state index in [1.165, 1.54) is 12.3 Å². The molecule has 0 N–H and O–H groups in total. The molecule has 0 fully saturated rings. The second-order valence-corrected chi connectivity index (χ2v) is 9.26.